The van der Waals surface area contributed by atoms with Crippen LogP contribution in [0.25, 0.3) is 0 Å². The molecule has 0 aliphatic heterocycles. The molecule has 0 N–H and O–H groups in total. The zero-order chi connectivity index (χ0) is 15.5. The average Bonchev–Trinajstić information content (AvgIpc) is 2.46. The van der Waals surface area contributed by atoms with Crippen molar-refractivity contribution in [3.05, 3.63) is 65.2 Å². The van der Waals surface area contributed by atoms with Crippen molar-refractivity contribution < 1.29 is 17.9 Å². The van der Waals surface area contributed by atoms with E-state index in [9.17, 15) is 13.2 Å². The molecule has 1 unspecified atom stereocenters. The Kier molecular flexibility index (Phi) is 4.93. The maximum Gasteiger partial charge on any atom is 0.416 e. The van der Waals surface area contributed by atoms with E-state index in [1.165, 1.54) is 12.1 Å². The molecule has 21 heavy (non-hydrogen) atoms. The minimum Gasteiger partial charge on any atom is -0.497 e. The number of methoxy groups -OCH3 is 1. The van der Waals surface area contributed by atoms with Crippen LogP contribution in [0.15, 0.2) is 48.5 Å². The van der Waals surface area contributed by atoms with Crippen molar-refractivity contribution in [2.45, 2.75) is 17.4 Å². The zero-order valence-electron chi connectivity index (χ0n) is 11.3. The van der Waals surface area contributed by atoms with Crippen molar-refractivity contribution in [3.63, 3.8) is 0 Å². The molecule has 0 aromatic heterocycles. The van der Waals surface area contributed by atoms with E-state index in [0.29, 0.717) is 12.2 Å². The number of benzene rings is 2. The van der Waals surface area contributed by atoms with Gasteiger partial charge >= 0.3 is 6.18 Å². The summed E-state index contributed by atoms with van der Waals surface area (Å²) in [7, 11) is 1.56. The smallest absolute Gasteiger partial charge is 0.416 e. The Labute approximate surface area is 129 Å². The summed E-state index contributed by atoms with van der Waals surface area (Å²) in [4.78, 5) is -0.414. The number of hydrogen-bond acceptors (Lipinski definition) is 1. The Morgan fingerprint density at radius 1 is 1.10 bits per heavy atom. The minimum absolute atomic E-state index is 0.243. The lowest BCUT2D eigenvalue weighted by Gasteiger charge is -2.17. The summed E-state index contributed by atoms with van der Waals surface area (Å²) in [6.07, 6.45) is -3.90. The largest absolute Gasteiger partial charge is 0.497 e. The number of rotatable bonds is 4. The van der Waals surface area contributed by atoms with E-state index < -0.39 is 16.6 Å². The molecule has 2 rings (SSSR count). The van der Waals surface area contributed by atoms with E-state index >= 15 is 0 Å². The van der Waals surface area contributed by atoms with Crippen molar-refractivity contribution in [1.82, 2.24) is 0 Å². The van der Waals surface area contributed by atoms with Crippen LogP contribution in [-0.2, 0) is 12.6 Å². The van der Waals surface area contributed by atoms with Gasteiger partial charge in [0.25, 0.3) is 0 Å². The lowest BCUT2D eigenvalue weighted by atomic mass is 9.99. The average molecular weight is 359 g/mol. The molecular formula is C16H14BrF3O. The van der Waals surface area contributed by atoms with Crippen LogP contribution in [0, 0.1) is 0 Å². The Morgan fingerprint density at radius 2 is 1.81 bits per heavy atom. The maximum absolute atomic E-state index is 13.0. The summed E-state index contributed by atoms with van der Waals surface area (Å²) in [6.45, 7) is 0. The number of alkyl halides is 4. The number of ether oxygens (including phenoxy) is 1. The molecule has 0 aliphatic carbocycles. The monoisotopic (exact) mass is 358 g/mol. The molecule has 0 spiro atoms. The second-order valence-electron chi connectivity index (χ2n) is 4.61. The third-order valence-corrected chi connectivity index (χ3v) is 3.97. The summed E-state index contributed by atoms with van der Waals surface area (Å²) >= 11 is 3.37. The fourth-order valence-corrected chi connectivity index (χ4v) is 2.92. The topological polar surface area (TPSA) is 9.23 Å². The van der Waals surface area contributed by atoms with Gasteiger partial charge in [0.1, 0.15) is 5.75 Å². The first-order chi connectivity index (χ1) is 9.91. The molecular weight excluding hydrogens is 345 g/mol. The predicted molar refractivity (Wildman–Crippen MR) is 79.8 cm³/mol. The van der Waals surface area contributed by atoms with Crippen molar-refractivity contribution in [2.24, 2.45) is 0 Å². The summed E-state index contributed by atoms with van der Waals surface area (Å²) in [5.41, 5.74) is 0.552. The van der Waals surface area contributed by atoms with Crippen LogP contribution in [0.3, 0.4) is 0 Å². The van der Waals surface area contributed by atoms with Crippen LogP contribution >= 0.6 is 15.9 Å². The molecule has 2 aromatic rings. The molecule has 0 bridgehead atoms. The molecule has 1 atom stereocenters. The van der Waals surface area contributed by atoms with Gasteiger partial charge in [0, 0.05) is 4.83 Å². The molecule has 112 valence electrons. The van der Waals surface area contributed by atoms with E-state index in [2.05, 4.69) is 15.9 Å². The molecule has 2 aromatic carbocycles. The predicted octanol–water partition coefficient (Wildman–Crippen LogP) is 5.39. The van der Waals surface area contributed by atoms with Crippen molar-refractivity contribution in [2.75, 3.05) is 7.11 Å². The first-order valence-electron chi connectivity index (χ1n) is 6.35. The fourth-order valence-electron chi connectivity index (χ4n) is 2.14. The lowest BCUT2D eigenvalue weighted by Crippen LogP contribution is -2.10. The normalized spacial score (nSPS) is 13.0. The van der Waals surface area contributed by atoms with Crippen LogP contribution in [-0.4, -0.2) is 7.11 Å². The van der Waals surface area contributed by atoms with Crippen molar-refractivity contribution in [1.29, 1.82) is 0 Å². The molecule has 0 amide bonds. The highest BCUT2D eigenvalue weighted by molar-refractivity contribution is 9.09. The molecule has 0 saturated heterocycles. The Morgan fingerprint density at radius 3 is 2.48 bits per heavy atom. The van der Waals surface area contributed by atoms with Crippen molar-refractivity contribution in [3.8, 4) is 5.75 Å². The van der Waals surface area contributed by atoms with Gasteiger partial charge in [-0.05, 0) is 35.7 Å². The van der Waals surface area contributed by atoms with Gasteiger partial charge in [-0.1, -0.05) is 46.3 Å². The van der Waals surface area contributed by atoms with Gasteiger partial charge in [-0.3, -0.25) is 0 Å². The first-order valence-corrected chi connectivity index (χ1v) is 7.26. The molecule has 1 nitrogen and oxygen atoms in total. The Bertz CT molecular complexity index is 610. The van der Waals surface area contributed by atoms with Crippen LogP contribution in [0.1, 0.15) is 21.5 Å². The Hall–Kier alpha value is -1.49. The van der Waals surface area contributed by atoms with Gasteiger partial charge in [0.2, 0.25) is 0 Å². The van der Waals surface area contributed by atoms with Gasteiger partial charge in [-0.25, -0.2) is 0 Å². The highest BCUT2D eigenvalue weighted by Gasteiger charge is 2.34. The molecule has 5 heteroatoms. The molecule has 0 heterocycles. The van der Waals surface area contributed by atoms with Gasteiger partial charge in [-0.15, -0.1) is 0 Å². The van der Waals surface area contributed by atoms with E-state index in [4.69, 9.17) is 4.74 Å². The van der Waals surface area contributed by atoms with Gasteiger partial charge in [0.15, 0.2) is 0 Å². The van der Waals surface area contributed by atoms with E-state index in [1.54, 1.807) is 19.2 Å². The molecule has 0 aliphatic rings. The van der Waals surface area contributed by atoms with Gasteiger partial charge in [-0.2, -0.15) is 13.2 Å². The zero-order valence-corrected chi connectivity index (χ0v) is 12.9. The molecule has 0 saturated carbocycles. The fraction of sp³-hybridized carbons (Fsp3) is 0.250. The van der Waals surface area contributed by atoms with Crippen molar-refractivity contribution >= 4 is 15.9 Å². The SMILES string of the molecule is COc1cccc(CC(Br)c2ccccc2C(F)(F)F)c1. The van der Waals surface area contributed by atoms with E-state index in [-0.39, 0.29) is 5.56 Å². The summed E-state index contributed by atoms with van der Waals surface area (Å²) < 4.78 is 44.2. The number of hydrogen-bond donors (Lipinski definition) is 0. The second-order valence-corrected chi connectivity index (χ2v) is 5.71. The number of halogens is 4. The third kappa shape index (κ3) is 4.00. The summed E-state index contributed by atoms with van der Waals surface area (Å²) in [5, 5.41) is 0. The van der Waals surface area contributed by atoms with Crippen LogP contribution < -0.4 is 4.74 Å². The standard InChI is InChI=1S/C16H14BrF3O/c1-21-12-6-4-5-11(9-12)10-15(17)13-7-2-3-8-14(13)16(18,19)20/h2-9,15H,10H2,1H3. The summed E-state index contributed by atoms with van der Waals surface area (Å²) in [6, 6.07) is 12.9. The maximum atomic E-state index is 13.0. The highest BCUT2D eigenvalue weighted by atomic mass is 79.9. The van der Waals surface area contributed by atoms with Crippen LogP contribution in [0.5, 0.6) is 5.75 Å². The highest BCUT2D eigenvalue weighted by Crippen LogP contribution is 2.38. The third-order valence-electron chi connectivity index (χ3n) is 3.15. The van der Waals surface area contributed by atoms with E-state index in [1.807, 2.05) is 18.2 Å². The lowest BCUT2D eigenvalue weighted by molar-refractivity contribution is -0.138. The van der Waals surface area contributed by atoms with Crippen LogP contribution in [0.2, 0.25) is 0 Å². The minimum atomic E-state index is -4.35. The van der Waals surface area contributed by atoms with Gasteiger partial charge < -0.3 is 4.74 Å². The van der Waals surface area contributed by atoms with Gasteiger partial charge in [0.05, 0.1) is 12.7 Å². The second kappa shape index (κ2) is 6.52. The Balaban J connectivity index is 2.26. The molecule has 0 fully saturated rings. The molecule has 0 radical (unpaired) electrons. The quantitative estimate of drug-likeness (QED) is 0.665. The summed E-state index contributed by atoms with van der Waals surface area (Å²) in [5.74, 6) is 0.691. The van der Waals surface area contributed by atoms with E-state index in [0.717, 1.165) is 11.6 Å². The van der Waals surface area contributed by atoms with Crippen LogP contribution in [0.4, 0.5) is 13.2 Å². The first kappa shape index (κ1) is 15.9.